The summed E-state index contributed by atoms with van der Waals surface area (Å²) in [5, 5.41) is 26.6. The molecule has 30 heavy (non-hydrogen) atoms. The summed E-state index contributed by atoms with van der Waals surface area (Å²) in [7, 11) is 1.97. The minimum Gasteiger partial charge on any atom is -0.357 e. The molecule has 6 nitrogen and oxygen atoms in total. The van der Waals surface area contributed by atoms with Crippen LogP contribution in [0.5, 0.6) is 0 Å². The van der Waals surface area contributed by atoms with Crippen LogP contribution in [0.15, 0.2) is 35.3 Å². The second-order valence-corrected chi connectivity index (χ2v) is 10.6. The maximum Gasteiger partial charge on any atom is 0.268 e. The van der Waals surface area contributed by atoms with Gasteiger partial charge in [0.05, 0.1) is 5.52 Å². The minimum atomic E-state index is 0.169. The van der Waals surface area contributed by atoms with Crippen LogP contribution in [-0.2, 0) is 7.05 Å². The first-order chi connectivity index (χ1) is 14.5. The summed E-state index contributed by atoms with van der Waals surface area (Å²) in [6, 6.07) is 4.39. The van der Waals surface area contributed by atoms with Gasteiger partial charge in [-0.05, 0) is 55.7 Å². The summed E-state index contributed by atoms with van der Waals surface area (Å²) in [5.41, 5.74) is 5.42. The van der Waals surface area contributed by atoms with Crippen molar-refractivity contribution in [3.8, 4) is 5.97 Å². The van der Waals surface area contributed by atoms with Crippen molar-refractivity contribution >= 4 is 34.4 Å². The average molecular weight is 416 g/mol. The number of aromatic nitrogens is 2. The Morgan fingerprint density at radius 3 is 2.83 bits per heavy atom. The maximum atomic E-state index is 9.10. The number of fused-ring (bicyclic) bond motifs is 2. The normalized spacial score (nSPS) is 25.0. The number of nitrogens with zero attached hydrogens (tertiary/aromatic N) is 5. The standard InChI is InChI=1S/C22H25BN6S/c1-14-7-16(8-17-9-28(2)26-19(14)17)20-27-29-10-18(25-21(29)30-20)15-3-5-22(6-4-15)11-23(12-22)13-24/h7-10,15,21,25H,3-6,11-12H2,1-2H3. The van der Waals surface area contributed by atoms with Gasteiger partial charge in [-0.25, -0.2) is 10.3 Å². The van der Waals surface area contributed by atoms with Gasteiger partial charge in [0.2, 0.25) is 0 Å². The quantitative estimate of drug-likeness (QED) is 0.748. The molecule has 4 aliphatic rings. The highest BCUT2D eigenvalue weighted by atomic mass is 32.2. The van der Waals surface area contributed by atoms with E-state index in [1.165, 1.54) is 42.5 Å². The minimum absolute atomic E-state index is 0.169. The molecular weight excluding hydrogens is 391 g/mol. The molecule has 0 bridgehead atoms. The second-order valence-electron chi connectivity index (χ2n) is 9.53. The lowest BCUT2D eigenvalue weighted by molar-refractivity contribution is 0.182. The van der Waals surface area contributed by atoms with Crippen LogP contribution in [0.2, 0.25) is 12.6 Å². The maximum absolute atomic E-state index is 9.10. The van der Waals surface area contributed by atoms with Crippen LogP contribution in [0.25, 0.3) is 10.9 Å². The predicted molar refractivity (Wildman–Crippen MR) is 122 cm³/mol. The van der Waals surface area contributed by atoms with E-state index in [1.807, 2.05) is 11.7 Å². The van der Waals surface area contributed by atoms with E-state index in [4.69, 9.17) is 10.4 Å². The fourth-order valence-corrected chi connectivity index (χ4v) is 6.80. The SMILES string of the molecule is Cc1cc(C2=NN3C=C(C4CCC5(CC4)CB(C#N)C5)NC3S2)cc2cn(C)nc12. The second kappa shape index (κ2) is 6.55. The number of nitriles is 1. The van der Waals surface area contributed by atoms with E-state index in [0.29, 0.717) is 18.0 Å². The lowest BCUT2D eigenvalue weighted by atomic mass is 9.25. The number of benzene rings is 1. The molecule has 1 N–H and O–H groups in total. The van der Waals surface area contributed by atoms with Gasteiger partial charge in [-0.2, -0.15) is 10.2 Å². The lowest BCUT2D eigenvalue weighted by Gasteiger charge is -2.48. The van der Waals surface area contributed by atoms with Gasteiger partial charge in [-0.15, -0.1) is 0 Å². The number of aryl methyl sites for hydroxylation is 2. The van der Waals surface area contributed by atoms with Crippen molar-refractivity contribution < 1.29 is 0 Å². The molecular formula is C22H25BN6S. The molecule has 1 aliphatic carbocycles. The molecule has 1 spiro atoms. The van der Waals surface area contributed by atoms with Gasteiger partial charge < -0.3 is 5.32 Å². The van der Waals surface area contributed by atoms with Crippen molar-refractivity contribution in [3.63, 3.8) is 0 Å². The molecule has 1 saturated carbocycles. The highest BCUT2D eigenvalue weighted by molar-refractivity contribution is 8.15. The van der Waals surface area contributed by atoms with Crippen LogP contribution < -0.4 is 5.32 Å². The summed E-state index contributed by atoms with van der Waals surface area (Å²) in [6.07, 6.45) is 11.5. The zero-order valence-electron chi connectivity index (χ0n) is 17.4. The zero-order valence-corrected chi connectivity index (χ0v) is 18.2. The molecule has 3 aliphatic heterocycles. The topological polar surface area (TPSA) is 69.2 Å². The van der Waals surface area contributed by atoms with Crippen molar-refractivity contribution in [2.45, 2.75) is 50.7 Å². The van der Waals surface area contributed by atoms with Crippen molar-refractivity contribution in [1.82, 2.24) is 20.1 Å². The van der Waals surface area contributed by atoms with E-state index in [1.54, 1.807) is 11.8 Å². The van der Waals surface area contributed by atoms with Crippen LogP contribution >= 0.6 is 11.8 Å². The number of hydrogen-bond donors (Lipinski definition) is 1. The number of hydrogen-bond acceptors (Lipinski definition) is 6. The number of allylic oxidation sites excluding steroid dienone is 1. The summed E-state index contributed by atoms with van der Waals surface area (Å²) in [6.45, 7) is 2.43. The van der Waals surface area contributed by atoms with Gasteiger partial charge in [0.15, 0.2) is 5.50 Å². The molecule has 0 radical (unpaired) electrons. The van der Waals surface area contributed by atoms with Gasteiger partial charge >= 0.3 is 0 Å². The summed E-state index contributed by atoms with van der Waals surface area (Å²) < 4.78 is 1.87. The average Bonchev–Trinajstić information content (AvgIpc) is 3.38. The van der Waals surface area contributed by atoms with E-state index >= 15 is 0 Å². The van der Waals surface area contributed by atoms with Gasteiger partial charge in [0.1, 0.15) is 5.04 Å². The fraction of sp³-hybridized carbons (Fsp3) is 0.500. The summed E-state index contributed by atoms with van der Waals surface area (Å²) in [4.78, 5) is 0. The Morgan fingerprint density at radius 2 is 2.10 bits per heavy atom. The monoisotopic (exact) mass is 416 g/mol. The molecule has 1 atom stereocenters. The van der Waals surface area contributed by atoms with Gasteiger partial charge in [0, 0.05) is 48.0 Å². The smallest absolute Gasteiger partial charge is 0.268 e. The molecule has 8 heteroatoms. The Balaban J connectivity index is 1.17. The third-order valence-corrected chi connectivity index (χ3v) is 8.52. The zero-order chi connectivity index (χ0) is 20.5. The molecule has 2 aromatic rings. The van der Waals surface area contributed by atoms with E-state index in [0.717, 1.165) is 28.6 Å². The third kappa shape index (κ3) is 2.86. The molecule has 4 heterocycles. The largest absolute Gasteiger partial charge is 0.357 e. The van der Waals surface area contributed by atoms with E-state index in [-0.39, 0.29) is 5.50 Å². The van der Waals surface area contributed by atoms with Crippen LogP contribution in [-0.4, -0.2) is 32.0 Å². The first kappa shape index (κ1) is 18.4. The van der Waals surface area contributed by atoms with E-state index in [9.17, 15) is 0 Å². The summed E-state index contributed by atoms with van der Waals surface area (Å²) >= 11 is 1.79. The molecule has 1 aromatic carbocycles. The van der Waals surface area contributed by atoms with Crippen LogP contribution in [0.4, 0.5) is 0 Å². The van der Waals surface area contributed by atoms with Crippen molar-refractivity contribution in [2.24, 2.45) is 23.5 Å². The van der Waals surface area contributed by atoms with E-state index < -0.39 is 0 Å². The van der Waals surface area contributed by atoms with E-state index in [2.05, 4.69) is 52.8 Å². The fourth-order valence-electron chi connectivity index (χ4n) is 5.78. The summed E-state index contributed by atoms with van der Waals surface area (Å²) in [5.74, 6) is 3.05. The molecule has 2 fully saturated rings. The van der Waals surface area contributed by atoms with Crippen LogP contribution in [0, 0.1) is 29.5 Å². The van der Waals surface area contributed by atoms with Crippen molar-refractivity contribution in [3.05, 3.63) is 41.4 Å². The highest BCUT2D eigenvalue weighted by Crippen LogP contribution is 2.54. The molecule has 1 unspecified atom stereocenters. The molecule has 1 saturated heterocycles. The van der Waals surface area contributed by atoms with Gasteiger partial charge in [0.25, 0.3) is 6.71 Å². The van der Waals surface area contributed by atoms with Crippen molar-refractivity contribution in [2.75, 3.05) is 0 Å². The number of thioether (sulfide) groups is 1. The molecule has 152 valence electrons. The molecule has 0 amide bonds. The Bertz CT molecular complexity index is 1130. The van der Waals surface area contributed by atoms with Gasteiger partial charge in [-0.1, -0.05) is 24.4 Å². The Morgan fingerprint density at radius 1 is 1.30 bits per heavy atom. The number of rotatable bonds is 2. The van der Waals surface area contributed by atoms with Crippen molar-refractivity contribution in [1.29, 1.82) is 5.26 Å². The van der Waals surface area contributed by atoms with Gasteiger partial charge in [-0.3, -0.25) is 4.68 Å². The first-order valence-corrected chi connectivity index (χ1v) is 11.8. The Hall–Kier alpha value is -2.40. The Kier molecular flexibility index (Phi) is 4.01. The lowest BCUT2D eigenvalue weighted by Crippen LogP contribution is -2.44. The highest BCUT2D eigenvalue weighted by Gasteiger charge is 2.49. The molecule has 6 rings (SSSR count). The number of hydrazone groups is 1. The third-order valence-electron chi connectivity index (χ3n) is 7.42. The van der Waals surface area contributed by atoms with Crippen LogP contribution in [0.3, 0.4) is 0 Å². The Labute approximate surface area is 181 Å². The number of nitrogens with one attached hydrogen (secondary N) is 1. The predicted octanol–water partition coefficient (Wildman–Crippen LogP) is 4.07. The first-order valence-electron chi connectivity index (χ1n) is 10.9. The van der Waals surface area contributed by atoms with Crippen LogP contribution in [0.1, 0.15) is 36.8 Å². The molecule has 1 aromatic heterocycles.